The minimum Gasteiger partial charge on any atom is -0.395 e. The molecule has 0 aromatic heterocycles. The molecule has 3 fully saturated rings. The molecular weight excluding hydrogens is 708 g/mol. The van der Waals surface area contributed by atoms with Gasteiger partial charge in [-0.3, -0.25) is 19.2 Å². The average Bonchev–Trinajstić information content (AvgIpc) is 3.58. The van der Waals surface area contributed by atoms with Crippen LogP contribution in [0.15, 0.2) is 72.8 Å². The molecule has 14 heteroatoms. The fourth-order valence-electron chi connectivity index (χ4n) is 8.84. The van der Waals surface area contributed by atoms with Gasteiger partial charge < -0.3 is 44.2 Å². The van der Waals surface area contributed by atoms with Gasteiger partial charge in [-0.2, -0.15) is 0 Å². The number of piperazine rings is 2. The summed E-state index contributed by atoms with van der Waals surface area (Å²) in [6, 6.07) is 22.5. The van der Waals surface area contributed by atoms with Gasteiger partial charge in [-0.1, -0.05) is 49.4 Å². The van der Waals surface area contributed by atoms with Gasteiger partial charge in [-0.15, -0.1) is 0 Å². The van der Waals surface area contributed by atoms with E-state index in [9.17, 15) is 19.5 Å². The molecule has 3 aromatic rings. The number of carbonyl (C=O) groups is 4. The zero-order valence-corrected chi connectivity index (χ0v) is 32.1. The second-order valence-electron chi connectivity index (χ2n) is 15.2. The number of nitrogens with zero attached hydrogens (tertiary/aromatic N) is 4. The summed E-state index contributed by atoms with van der Waals surface area (Å²) in [7, 11) is -3.61. The van der Waals surface area contributed by atoms with E-state index in [2.05, 4.69) is 10.6 Å². The smallest absolute Gasteiger partial charge is 0.264 e. The molecule has 0 saturated carbocycles. The zero-order chi connectivity index (χ0) is 38.2. The normalized spacial score (nSPS) is 24.4. The number of aliphatic hydroxyl groups is 1. The van der Waals surface area contributed by atoms with E-state index >= 15 is 8.90 Å². The molecule has 0 bridgehead atoms. The fourth-order valence-corrected chi connectivity index (χ4v) is 11.3. The van der Waals surface area contributed by atoms with E-state index in [1.54, 1.807) is 32.7 Å². The quantitative estimate of drug-likeness (QED) is 0.201. The lowest BCUT2D eigenvalue weighted by molar-refractivity contribution is -0.150. The highest BCUT2D eigenvalue weighted by atomic mass is 28.4. The predicted octanol–water partition coefficient (Wildman–Crippen LogP) is 3.29. The molecule has 3 N–H and O–H groups in total. The third-order valence-electron chi connectivity index (χ3n) is 11.3. The topological polar surface area (TPSA) is 135 Å². The second-order valence-corrected chi connectivity index (χ2v) is 19.0. The number of hydrogen-bond donors (Lipinski definition) is 3. The second kappa shape index (κ2) is 15.3. The molecule has 0 unspecified atom stereocenters. The summed E-state index contributed by atoms with van der Waals surface area (Å²) in [6.07, 6.45) is -1.08. The van der Waals surface area contributed by atoms with Crippen LogP contribution in [0, 0.1) is 5.92 Å². The summed E-state index contributed by atoms with van der Waals surface area (Å²) in [6.45, 7) is 8.03. The minimum atomic E-state index is -3.61. The van der Waals surface area contributed by atoms with Crippen LogP contribution in [0.25, 0.3) is 0 Å². The molecule has 12 nitrogen and oxygen atoms in total. The molecule has 4 atom stereocenters. The van der Waals surface area contributed by atoms with Crippen molar-refractivity contribution in [1.29, 1.82) is 0 Å². The molecule has 286 valence electrons. The Morgan fingerprint density at radius 3 is 2.20 bits per heavy atom. The number of rotatable bonds is 11. The largest absolute Gasteiger partial charge is 0.395 e. The van der Waals surface area contributed by atoms with E-state index < -0.39 is 31.6 Å². The number of ether oxygens (including phenoxy) is 1. The Morgan fingerprint density at radius 2 is 1.57 bits per heavy atom. The van der Waals surface area contributed by atoms with Gasteiger partial charge in [0.05, 0.1) is 44.5 Å². The summed E-state index contributed by atoms with van der Waals surface area (Å²) in [5.41, 5.74) is 1.85. The molecule has 4 aliphatic heterocycles. The van der Waals surface area contributed by atoms with Crippen LogP contribution in [0.2, 0.25) is 18.6 Å². The number of hydrogen-bond acceptors (Lipinski definition) is 8. The Hall–Kier alpha value is -4.47. The number of anilines is 3. The van der Waals surface area contributed by atoms with Crippen molar-refractivity contribution in [2.75, 3.05) is 67.1 Å². The standard InChI is InChI=1S/C40H49FN6O6Si/c1-27-38(54(2,3)41)34(22-35(49)44(18-19-48)25-28-8-5-4-6-9-28)53-40(27)32-21-31(46-17-15-43-24-37(46)51)12-13-33(32)47(39(40)52)26-29-10-7-11-30(20-29)45-16-14-42-23-36(45)50/h4-13,20-21,27,34,38,42-43,48H,14-19,22-26H2,1-3H3/t27-,34+,38-,40+/m1/s1. The molecule has 1 spiro atoms. The predicted molar refractivity (Wildman–Crippen MR) is 206 cm³/mol. The van der Waals surface area contributed by atoms with Crippen molar-refractivity contribution < 1.29 is 33.1 Å². The minimum absolute atomic E-state index is 0.0333. The van der Waals surface area contributed by atoms with Crippen molar-refractivity contribution in [1.82, 2.24) is 15.5 Å². The summed E-state index contributed by atoms with van der Waals surface area (Å²) < 4.78 is 23.6. The Bertz CT molecular complexity index is 1910. The number of fused-ring (bicyclic) bond motifs is 2. The van der Waals surface area contributed by atoms with Crippen LogP contribution in [0.1, 0.15) is 30.0 Å². The van der Waals surface area contributed by atoms with Crippen molar-refractivity contribution in [2.45, 2.75) is 56.8 Å². The highest BCUT2D eigenvalue weighted by molar-refractivity contribution is 6.72. The summed E-state index contributed by atoms with van der Waals surface area (Å²) >= 11 is 0. The molecule has 4 amide bonds. The summed E-state index contributed by atoms with van der Waals surface area (Å²) in [4.78, 5) is 61.6. The average molecular weight is 757 g/mol. The van der Waals surface area contributed by atoms with Crippen molar-refractivity contribution >= 4 is 49.1 Å². The van der Waals surface area contributed by atoms with Gasteiger partial charge in [0.15, 0.2) is 5.60 Å². The van der Waals surface area contributed by atoms with Crippen molar-refractivity contribution in [3.8, 4) is 0 Å². The molecule has 0 aliphatic carbocycles. The van der Waals surface area contributed by atoms with Crippen LogP contribution in [-0.2, 0) is 42.6 Å². The first kappa shape index (κ1) is 37.8. The molecule has 4 aliphatic rings. The maximum Gasteiger partial charge on any atom is 0.264 e. The highest BCUT2D eigenvalue weighted by Gasteiger charge is 2.67. The van der Waals surface area contributed by atoms with Gasteiger partial charge in [0.2, 0.25) is 26.1 Å². The monoisotopic (exact) mass is 756 g/mol. The first-order valence-corrected chi connectivity index (χ1v) is 21.7. The van der Waals surface area contributed by atoms with Crippen LogP contribution < -0.4 is 25.3 Å². The molecule has 3 saturated heterocycles. The van der Waals surface area contributed by atoms with Gasteiger partial charge in [0.25, 0.3) is 5.91 Å². The zero-order valence-electron chi connectivity index (χ0n) is 31.1. The lowest BCUT2D eigenvalue weighted by atomic mass is 9.82. The molecular formula is C40H49FN6O6Si. The first-order valence-electron chi connectivity index (χ1n) is 18.8. The van der Waals surface area contributed by atoms with E-state index in [0.717, 1.165) is 16.8 Å². The van der Waals surface area contributed by atoms with Crippen LogP contribution in [0.3, 0.4) is 0 Å². The van der Waals surface area contributed by atoms with E-state index in [1.807, 2.05) is 79.7 Å². The molecule has 4 heterocycles. The number of halogens is 1. The van der Waals surface area contributed by atoms with Gasteiger partial charge in [0.1, 0.15) is 0 Å². The van der Waals surface area contributed by atoms with Crippen molar-refractivity contribution in [3.05, 3.63) is 89.5 Å². The van der Waals surface area contributed by atoms with Crippen LogP contribution in [-0.4, -0.2) is 101 Å². The van der Waals surface area contributed by atoms with Gasteiger partial charge in [-0.25, -0.2) is 0 Å². The van der Waals surface area contributed by atoms with E-state index in [1.165, 1.54) is 0 Å². The Kier molecular flexibility index (Phi) is 10.7. The summed E-state index contributed by atoms with van der Waals surface area (Å²) in [5.74, 6) is -1.44. The van der Waals surface area contributed by atoms with Crippen LogP contribution >= 0.6 is 0 Å². The lowest BCUT2D eigenvalue weighted by Crippen LogP contribution is -2.48. The third-order valence-corrected chi connectivity index (χ3v) is 13.8. The third kappa shape index (κ3) is 7.08. The van der Waals surface area contributed by atoms with Crippen LogP contribution in [0.5, 0.6) is 0 Å². The number of nitrogens with one attached hydrogen (secondary N) is 2. The van der Waals surface area contributed by atoms with Crippen LogP contribution in [0.4, 0.5) is 21.2 Å². The molecule has 0 radical (unpaired) electrons. The number of amides is 4. The van der Waals surface area contributed by atoms with E-state index in [-0.39, 0.29) is 69.4 Å². The van der Waals surface area contributed by atoms with Gasteiger partial charge in [-0.05, 0) is 54.6 Å². The molecule has 7 rings (SSSR count). The van der Waals surface area contributed by atoms with Gasteiger partial charge >= 0.3 is 0 Å². The van der Waals surface area contributed by atoms with E-state index in [4.69, 9.17) is 4.74 Å². The highest BCUT2D eigenvalue weighted by Crippen LogP contribution is 2.61. The fraction of sp³-hybridized carbons (Fsp3) is 0.450. The Morgan fingerprint density at radius 1 is 0.926 bits per heavy atom. The maximum absolute atomic E-state index is 16.7. The first-order chi connectivity index (χ1) is 25.9. The van der Waals surface area contributed by atoms with Gasteiger partial charge in [0, 0.05) is 67.7 Å². The molecule has 3 aromatic carbocycles. The Labute approximate surface area is 316 Å². The van der Waals surface area contributed by atoms with Crippen molar-refractivity contribution in [2.24, 2.45) is 5.92 Å². The van der Waals surface area contributed by atoms with E-state index in [0.29, 0.717) is 43.1 Å². The lowest BCUT2D eigenvalue weighted by Gasteiger charge is -2.32. The summed E-state index contributed by atoms with van der Waals surface area (Å²) in [5, 5.41) is 16.1. The SMILES string of the molecule is C[C@@H]1[C@@H]([Si](C)(C)F)[C@H](CC(=O)N(CCO)Cc2ccccc2)O[C@@]12C(=O)N(Cc1cccc(N3CCNCC3=O)c1)c1ccc(N3CCNCC3=O)cc12. The number of carbonyl (C=O) groups excluding carboxylic acids is 4. The Balaban J connectivity index is 1.27. The van der Waals surface area contributed by atoms with Crippen molar-refractivity contribution in [3.63, 3.8) is 0 Å². The number of aliphatic hydroxyl groups excluding tert-OH is 1. The maximum atomic E-state index is 16.7. The number of benzene rings is 3. The molecule has 54 heavy (non-hydrogen) atoms.